The summed E-state index contributed by atoms with van der Waals surface area (Å²) in [4.78, 5) is 11.3. The van der Waals surface area contributed by atoms with Gasteiger partial charge in [-0.2, -0.15) is 0 Å². The minimum atomic E-state index is -0.0712. The molecule has 3 nitrogen and oxygen atoms in total. The molecular formula is C9H17NO2. The number of rotatable bonds is 4. The fourth-order valence-electron chi connectivity index (χ4n) is 1.07. The van der Waals surface area contributed by atoms with Crippen molar-refractivity contribution in [3.05, 3.63) is 0 Å². The van der Waals surface area contributed by atoms with Gasteiger partial charge in [0.2, 0.25) is 5.91 Å². The SMILES string of the molecule is CC(C)[C@@H](CO)NC(=O)C1CC1. The van der Waals surface area contributed by atoms with Gasteiger partial charge in [0, 0.05) is 5.92 Å². The van der Waals surface area contributed by atoms with E-state index in [4.69, 9.17) is 5.11 Å². The first-order valence-corrected chi connectivity index (χ1v) is 4.56. The van der Waals surface area contributed by atoms with Crippen LogP contribution in [0.25, 0.3) is 0 Å². The first-order valence-electron chi connectivity index (χ1n) is 4.56. The van der Waals surface area contributed by atoms with Crippen molar-refractivity contribution in [2.75, 3.05) is 6.61 Å². The third kappa shape index (κ3) is 2.48. The summed E-state index contributed by atoms with van der Waals surface area (Å²) in [5, 5.41) is 11.8. The molecule has 1 fully saturated rings. The Morgan fingerprint density at radius 2 is 2.17 bits per heavy atom. The maximum absolute atomic E-state index is 11.3. The van der Waals surface area contributed by atoms with E-state index in [2.05, 4.69) is 5.32 Å². The van der Waals surface area contributed by atoms with Crippen molar-refractivity contribution < 1.29 is 9.90 Å². The van der Waals surface area contributed by atoms with E-state index >= 15 is 0 Å². The molecule has 0 aliphatic heterocycles. The summed E-state index contributed by atoms with van der Waals surface area (Å²) in [6.45, 7) is 4.03. The van der Waals surface area contributed by atoms with E-state index in [1.54, 1.807) is 0 Å². The average molecular weight is 171 g/mol. The van der Waals surface area contributed by atoms with E-state index in [9.17, 15) is 4.79 Å². The lowest BCUT2D eigenvalue weighted by Gasteiger charge is -2.19. The molecule has 1 aliphatic carbocycles. The fraction of sp³-hybridized carbons (Fsp3) is 0.889. The van der Waals surface area contributed by atoms with Crippen molar-refractivity contribution in [2.24, 2.45) is 11.8 Å². The molecule has 0 aromatic rings. The molecule has 0 heterocycles. The highest BCUT2D eigenvalue weighted by molar-refractivity contribution is 5.81. The summed E-state index contributed by atoms with van der Waals surface area (Å²) >= 11 is 0. The van der Waals surface area contributed by atoms with Gasteiger partial charge in [-0.3, -0.25) is 4.79 Å². The molecule has 70 valence electrons. The second-order valence-electron chi connectivity index (χ2n) is 3.82. The summed E-state index contributed by atoms with van der Waals surface area (Å²) in [5.41, 5.74) is 0. The third-order valence-electron chi connectivity index (χ3n) is 2.28. The molecule has 0 bridgehead atoms. The van der Waals surface area contributed by atoms with Crippen LogP contribution in [0.15, 0.2) is 0 Å². The van der Waals surface area contributed by atoms with Gasteiger partial charge < -0.3 is 10.4 Å². The first kappa shape index (κ1) is 9.52. The zero-order chi connectivity index (χ0) is 9.14. The van der Waals surface area contributed by atoms with Crippen molar-refractivity contribution in [1.29, 1.82) is 0 Å². The molecule has 12 heavy (non-hydrogen) atoms. The van der Waals surface area contributed by atoms with Gasteiger partial charge in [0.25, 0.3) is 0 Å². The van der Waals surface area contributed by atoms with Crippen LogP contribution in [0.4, 0.5) is 0 Å². The predicted octanol–water partition coefficient (Wildman–Crippen LogP) is 0.529. The van der Waals surface area contributed by atoms with Gasteiger partial charge in [0.15, 0.2) is 0 Å². The molecule has 2 N–H and O–H groups in total. The van der Waals surface area contributed by atoms with Crippen LogP contribution in [0.1, 0.15) is 26.7 Å². The van der Waals surface area contributed by atoms with Crippen LogP contribution in [0, 0.1) is 11.8 Å². The number of carbonyl (C=O) groups excluding carboxylic acids is 1. The number of amides is 1. The zero-order valence-electron chi connectivity index (χ0n) is 7.71. The number of hydrogen-bond acceptors (Lipinski definition) is 2. The van der Waals surface area contributed by atoms with Crippen molar-refractivity contribution in [1.82, 2.24) is 5.32 Å². The minimum Gasteiger partial charge on any atom is -0.394 e. The topological polar surface area (TPSA) is 49.3 Å². The van der Waals surface area contributed by atoms with Crippen molar-refractivity contribution in [3.63, 3.8) is 0 Å². The molecule has 3 heteroatoms. The van der Waals surface area contributed by atoms with Crippen LogP contribution in [-0.2, 0) is 4.79 Å². The van der Waals surface area contributed by atoms with Crippen molar-refractivity contribution in [2.45, 2.75) is 32.7 Å². The van der Waals surface area contributed by atoms with Gasteiger partial charge in [-0.25, -0.2) is 0 Å². The van der Waals surface area contributed by atoms with Crippen LogP contribution in [0.5, 0.6) is 0 Å². The Hall–Kier alpha value is -0.570. The zero-order valence-corrected chi connectivity index (χ0v) is 7.71. The smallest absolute Gasteiger partial charge is 0.223 e. The second kappa shape index (κ2) is 3.90. The van der Waals surface area contributed by atoms with E-state index in [1.165, 1.54) is 0 Å². The summed E-state index contributed by atoms with van der Waals surface area (Å²) in [5.74, 6) is 0.651. The van der Waals surface area contributed by atoms with E-state index < -0.39 is 0 Å². The maximum atomic E-state index is 11.3. The molecule has 0 unspecified atom stereocenters. The molecule has 1 rings (SSSR count). The van der Waals surface area contributed by atoms with Gasteiger partial charge in [-0.15, -0.1) is 0 Å². The largest absolute Gasteiger partial charge is 0.394 e. The quantitative estimate of drug-likeness (QED) is 0.648. The van der Waals surface area contributed by atoms with E-state index in [0.717, 1.165) is 12.8 Å². The van der Waals surface area contributed by atoms with Crippen molar-refractivity contribution >= 4 is 5.91 Å². The Labute approximate surface area is 73.2 Å². The Kier molecular flexibility index (Phi) is 3.09. The molecule has 0 aromatic heterocycles. The first-order chi connectivity index (χ1) is 5.65. The molecular weight excluding hydrogens is 154 g/mol. The molecule has 1 saturated carbocycles. The van der Waals surface area contributed by atoms with Crippen LogP contribution in [0.2, 0.25) is 0 Å². The molecule has 0 radical (unpaired) electrons. The van der Waals surface area contributed by atoms with E-state index in [-0.39, 0.29) is 24.5 Å². The highest BCUT2D eigenvalue weighted by Crippen LogP contribution is 2.29. The third-order valence-corrected chi connectivity index (χ3v) is 2.28. The highest BCUT2D eigenvalue weighted by atomic mass is 16.3. The second-order valence-corrected chi connectivity index (χ2v) is 3.82. The number of nitrogens with one attached hydrogen (secondary N) is 1. The molecule has 1 atom stereocenters. The molecule has 1 aliphatic rings. The molecule has 0 aromatic carbocycles. The average Bonchev–Trinajstić information content (AvgIpc) is 2.80. The Morgan fingerprint density at radius 1 is 1.58 bits per heavy atom. The summed E-state index contributed by atoms with van der Waals surface area (Å²) in [6, 6.07) is -0.0712. The lowest BCUT2D eigenvalue weighted by Crippen LogP contribution is -2.41. The molecule has 0 saturated heterocycles. The molecule has 1 amide bonds. The number of carbonyl (C=O) groups is 1. The summed E-state index contributed by atoms with van der Waals surface area (Å²) < 4.78 is 0. The fourth-order valence-corrected chi connectivity index (χ4v) is 1.07. The number of aliphatic hydroxyl groups excluding tert-OH is 1. The number of hydrogen-bond donors (Lipinski definition) is 2. The lowest BCUT2D eigenvalue weighted by atomic mass is 10.1. The predicted molar refractivity (Wildman–Crippen MR) is 46.6 cm³/mol. The normalized spacial score (nSPS) is 19.3. The van der Waals surface area contributed by atoms with E-state index in [1.807, 2.05) is 13.8 Å². The monoisotopic (exact) mass is 171 g/mol. The van der Waals surface area contributed by atoms with Gasteiger partial charge >= 0.3 is 0 Å². The summed E-state index contributed by atoms with van der Waals surface area (Å²) in [7, 11) is 0. The Balaban J connectivity index is 2.30. The lowest BCUT2D eigenvalue weighted by molar-refractivity contribution is -0.123. The van der Waals surface area contributed by atoms with Gasteiger partial charge in [0.1, 0.15) is 0 Å². The van der Waals surface area contributed by atoms with E-state index in [0.29, 0.717) is 5.92 Å². The van der Waals surface area contributed by atoms with Crippen LogP contribution >= 0.6 is 0 Å². The van der Waals surface area contributed by atoms with Gasteiger partial charge in [0.05, 0.1) is 12.6 Å². The van der Waals surface area contributed by atoms with Crippen LogP contribution in [-0.4, -0.2) is 23.7 Å². The summed E-state index contributed by atoms with van der Waals surface area (Å²) in [6.07, 6.45) is 2.03. The van der Waals surface area contributed by atoms with Crippen molar-refractivity contribution in [3.8, 4) is 0 Å². The number of aliphatic hydroxyl groups is 1. The van der Waals surface area contributed by atoms with Crippen LogP contribution < -0.4 is 5.32 Å². The Morgan fingerprint density at radius 3 is 2.50 bits per heavy atom. The maximum Gasteiger partial charge on any atom is 0.223 e. The van der Waals surface area contributed by atoms with Gasteiger partial charge in [-0.05, 0) is 18.8 Å². The Bertz CT molecular complexity index is 164. The molecule has 0 spiro atoms. The highest BCUT2D eigenvalue weighted by Gasteiger charge is 2.31. The van der Waals surface area contributed by atoms with Crippen LogP contribution in [0.3, 0.4) is 0 Å². The standard InChI is InChI=1S/C9H17NO2/c1-6(2)8(5-11)10-9(12)7-3-4-7/h6-8,11H,3-5H2,1-2H3,(H,10,12)/t8-/m1/s1. The minimum absolute atomic E-state index is 0.0378. The van der Waals surface area contributed by atoms with Gasteiger partial charge in [-0.1, -0.05) is 13.8 Å².